The second-order valence-corrected chi connectivity index (χ2v) is 10.2. The van der Waals surface area contributed by atoms with Crippen LogP contribution in [0.25, 0.3) is 21.7 Å². The summed E-state index contributed by atoms with van der Waals surface area (Å²) in [4.78, 5) is 28.6. The number of aromatic nitrogens is 3. The molecule has 0 unspecified atom stereocenters. The predicted octanol–water partition coefficient (Wildman–Crippen LogP) is 1.73. The van der Waals surface area contributed by atoms with Crippen molar-refractivity contribution in [1.29, 1.82) is 0 Å². The van der Waals surface area contributed by atoms with Crippen molar-refractivity contribution in [2.45, 2.75) is 24.6 Å². The minimum Gasteiger partial charge on any atom is -0.315 e. The third kappa shape index (κ3) is 4.32. The first kappa shape index (κ1) is 21.8. The number of aryl methyl sites for hydroxylation is 1. The van der Waals surface area contributed by atoms with Gasteiger partial charge < -0.3 is 4.57 Å². The molecule has 2 aromatic heterocycles. The van der Waals surface area contributed by atoms with Gasteiger partial charge in [0.2, 0.25) is 0 Å². The van der Waals surface area contributed by atoms with Crippen molar-refractivity contribution in [2.24, 2.45) is 0 Å². The first-order valence-electron chi connectivity index (χ1n) is 8.88. The predicted molar refractivity (Wildman–Crippen MR) is 113 cm³/mol. The number of hydrogen-bond donors (Lipinski definition) is 2. The van der Waals surface area contributed by atoms with Crippen molar-refractivity contribution in [3.8, 4) is 21.7 Å². The van der Waals surface area contributed by atoms with E-state index in [9.17, 15) is 18.0 Å². The van der Waals surface area contributed by atoms with E-state index in [1.165, 1.54) is 40.9 Å². The smallest absolute Gasteiger partial charge is 0.264 e. The van der Waals surface area contributed by atoms with E-state index in [1.54, 1.807) is 12.3 Å². The van der Waals surface area contributed by atoms with Gasteiger partial charge in [0.1, 0.15) is 11.3 Å². The largest absolute Gasteiger partial charge is 0.315 e. The van der Waals surface area contributed by atoms with Gasteiger partial charge in [-0.3, -0.25) is 14.8 Å². The van der Waals surface area contributed by atoms with Gasteiger partial charge in [0.25, 0.3) is 11.5 Å². The number of amides is 1. The fourth-order valence-electron chi connectivity index (χ4n) is 2.90. The topological polar surface area (TPSA) is 131 Å². The number of hydrogen-bond acceptors (Lipinski definition) is 8. The zero-order chi connectivity index (χ0) is 21.9. The van der Waals surface area contributed by atoms with Gasteiger partial charge in [0.15, 0.2) is 14.6 Å². The molecule has 0 aliphatic heterocycles. The summed E-state index contributed by atoms with van der Waals surface area (Å²) in [6.07, 6.45) is 3.79. The molecule has 2 N–H and O–H groups in total. The van der Waals surface area contributed by atoms with Crippen LogP contribution in [0, 0.1) is 0 Å². The van der Waals surface area contributed by atoms with Crippen molar-refractivity contribution in [1.82, 2.24) is 19.4 Å². The molecule has 1 amide bonds. The number of carbonyl (C=O) groups excluding carboxylic acids is 1. The maximum atomic E-state index is 12.5. The number of benzene rings is 1. The molecule has 0 spiro atoms. The highest BCUT2D eigenvalue weighted by Gasteiger charge is 2.43. The van der Waals surface area contributed by atoms with E-state index in [4.69, 9.17) is 5.21 Å². The fourth-order valence-corrected chi connectivity index (χ4v) is 4.27. The van der Waals surface area contributed by atoms with E-state index < -0.39 is 20.5 Å². The van der Waals surface area contributed by atoms with Gasteiger partial charge in [-0.25, -0.2) is 18.9 Å². The molecule has 0 bridgehead atoms. The number of carbonyl (C=O) groups is 1. The molecule has 2 heterocycles. The van der Waals surface area contributed by atoms with Crippen molar-refractivity contribution in [3.05, 3.63) is 59.3 Å². The van der Waals surface area contributed by atoms with Crippen LogP contribution in [0.5, 0.6) is 0 Å². The van der Waals surface area contributed by atoms with Crippen molar-refractivity contribution >= 4 is 27.3 Å². The second-order valence-electron chi connectivity index (χ2n) is 6.96. The molecule has 3 aromatic rings. The second kappa shape index (κ2) is 8.46. The third-order valence-corrected chi connectivity index (χ3v) is 7.79. The average molecular weight is 449 g/mol. The monoisotopic (exact) mass is 448 g/mol. The molecule has 1 atom stereocenters. The molecule has 0 aliphatic rings. The van der Waals surface area contributed by atoms with Gasteiger partial charge in [-0.1, -0.05) is 24.3 Å². The molecule has 1 aromatic carbocycles. The van der Waals surface area contributed by atoms with Gasteiger partial charge in [-0.15, -0.1) is 0 Å². The van der Waals surface area contributed by atoms with E-state index in [1.807, 2.05) is 24.3 Å². The standard InChI is InChI=1S/C19H20N4O5S2/c1-19(18(25)22-26,30(2,27)28)8-10-23-9-7-15(11-16(23)24)13-3-5-14(6-4-13)17-20-12-21-29-17/h3-7,9,11-12,26H,8,10H2,1-2H3,(H,22,25)/t19-/m1/s1. The van der Waals surface area contributed by atoms with Gasteiger partial charge >= 0.3 is 0 Å². The van der Waals surface area contributed by atoms with Crippen LogP contribution in [0.2, 0.25) is 0 Å². The molecule has 0 aliphatic carbocycles. The Morgan fingerprint density at radius 1 is 1.20 bits per heavy atom. The SMILES string of the molecule is C[C@@](CCn1ccc(-c2ccc(-c3ncns3)cc2)cc1=O)(C(=O)NO)S(C)(=O)=O. The van der Waals surface area contributed by atoms with Crippen molar-refractivity contribution in [2.75, 3.05) is 6.26 Å². The molecule has 30 heavy (non-hydrogen) atoms. The maximum absolute atomic E-state index is 12.5. The van der Waals surface area contributed by atoms with E-state index in [-0.39, 0.29) is 18.5 Å². The lowest BCUT2D eigenvalue weighted by Crippen LogP contribution is -2.49. The summed E-state index contributed by atoms with van der Waals surface area (Å²) in [5, 5.41) is 9.69. The number of nitrogens with zero attached hydrogens (tertiary/aromatic N) is 3. The average Bonchev–Trinajstić information content (AvgIpc) is 3.26. The first-order chi connectivity index (χ1) is 14.2. The van der Waals surface area contributed by atoms with Gasteiger partial charge in [-0.2, -0.15) is 4.37 Å². The number of nitrogens with one attached hydrogen (secondary N) is 1. The van der Waals surface area contributed by atoms with Crippen LogP contribution in [0.3, 0.4) is 0 Å². The summed E-state index contributed by atoms with van der Waals surface area (Å²) >= 11 is 1.29. The van der Waals surface area contributed by atoms with Gasteiger partial charge in [0.05, 0.1) is 0 Å². The molecule has 0 fully saturated rings. The molecule has 0 radical (unpaired) electrons. The zero-order valence-corrected chi connectivity index (χ0v) is 17.9. The van der Waals surface area contributed by atoms with Crippen LogP contribution in [-0.2, 0) is 21.2 Å². The third-order valence-electron chi connectivity index (χ3n) is 5.05. The highest BCUT2D eigenvalue weighted by atomic mass is 32.2. The van der Waals surface area contributed by atoms with Crippen LogP contribution in [0.4, 0.5) is 0 Å². The Labute approximate surface area is 177 Å². The number of rotatable bonds is 7. The Balaban J connectivity index is 1.80. The minimum absolute atomic E-state index is 0.00785. The Bertz CT molecular complexity index is 1200. The maximum Gasteiger partial charge on any atom is 0.264 e. The summed E-state index contributed by atoms with van der Waals surface area (Å²) in [6.45, 7) is 1.21. The van der Waals surface area contributed by atoms with E-state index in [0.717, 1.165) is 22.4 Å². The zero-order valence-electron chi connectivity index (χ0n) is 16.3. The molecular weight excluding hydrogens is 428 g/mol. The summed E-state index contributed by atoms with van der Waals surface area (Å²) in [5.74, 6) is -1.04. The molecule has 9 nitrogen and oxygen atoms in total. The summed E-state index contributed by atoms with van der Waals surface area (Å²) in [7, 11) is -3.83. The van der Waals surface area contributed by atoms with E-state index in [0.29, 0.717) is 5.56 Å². The molecular formula is C19H20N4O5S2. The summed E-state index contributed by atoms with van der Waals surface area (Å²) < 4.78 is 27.5. The lowest BCUT2D eigenvalue weighted by atomic mass is 10.0. The fraction of sp³-hybridized carbons (Fsp3) is 0.263. The Morgan fingerprint density at radius 3 is 2.40 bits per heavy atom. The molecule has 0 saturated carbocycles. The van der Waals surface area contributed by atoms with Crippen LogP contribution in [0.15, 0.2) is 53.7 Å². The van der Waals surface area contributed by atoms with E-state index >= 15 is 0 Å². The quantitative estimate of drug-likeness (QED) is 0.416. The highest BCUT2D eigenvalue weighted by Crippen LogP contribution is 2.25. The molecule has 3 rings (SSSR count). The van der Waals surface area contributed by atoms with Crippen molar-refractivity contribution < 1.29 is 18.4 Å². The highest BCUT2D eigenvalue weighted by molar-refractivity contribution is 7.92. The van der Waals surface area contributed by atoms with Crippen LogP contribution < -0.4 is 11.0 Å². The first-order valence-corrected chi connectivity index (χ1v) is 11.5. The Hall–Kier alpha value is -2.89. The van der Waals surface area contributed by atoms with Crippen LogP contribution in [-0.4, -0.2) is 44.5 Å². The van der Waals surface area contributed by atoms with Crippen molar-refractivity contribution in [3.63, 3.8) is 0 Å². The Kier molecular flexibility index (Phi) is 6.15. The number of sulfone groups is 1. The van der Waals surface area contributed by atoms with Crippen LogP contribution >= 0.6 is 11.5 Å². The minimum atomic E-state index is -3.83. The molecule has 158 valence electrons. The lowest BCUT2D eigenvalue weighted by Gasteiger charge is -2.25. The number of hydroxylamine groups is 1. The van der Waals surface area contributed by atoms with Gasteiger partial charge in [-0.05, 0) is 42.1 Å². The van der Waals surface area contributed by atoms with Gasteiger partial charge in [0, 0.05) is 30.6 Å². The lowest BCUT2D eigenvalue weighted by molar-refractivity contribution is -0.131. The normalized spacial score (nSPS) is 13.6. The number of pyridine rings is 1. The molecule has 0 saturated heterocycles. The summed E-state index contributed by atoms with van der Waals surface area (Å²) in [5.41, 5.74) is 3.54. The Morgan fingerprint density at radius 2 is 1.87 bits per heavy atom. The van der Waals surface area contributed by atoms with Crippen LogP contribution in [0.1, 0.15) is 13.3 Å². The molecule has 11 heteroatoms. The summed E-state index contributed by atoms with van der Waals surface area (Å²) in [6, 6.07) is 10.7. The van der Waals surface area contributed by atoms with E-state index in [2.05, 4.69) is 9.36 Å².